The maximum Gasteiger partial charge on any atom is 0.193 e. The molecule has 0 amide bonds. The van der Waals surface area contributed by atoms with E-state index in [1.165, 1.54) is 11.1 Å². The number of unbranched alkanes of at least 4 members (excludes halogenated alkanes) is 1. The Hall–Kier alpha value is -1.28. The van der Waals surface area contributed by atoms with Crippen molar-refractivity contribution in [2.75, 3.05) is 47.5 Å². The van der Waals surface area contributed by atoms with Crippen molar-refractivity contribution in [1.82, 2.24) is 10.2 Å². The van der Waals surface area contributed by atoms with Crippen molar-refractivity contribution in [3.05, 3.63) is 42.0 Å². The number of ether oxygens (including phenoxy) is 2. The fourth-order valence-corrected chi connectivity index (χ4v) is 3.75. The van der Waals surface area contributed by atoms with E-state index >= 15 is 0 Å². The molecule has 0 spiro atoms. The molecule has 0 bridgehead atoms. The minimum absolute atomic E-state index is 0. The first-order valence-corrected chi connectivity index (χ1v) is 9.82. The Balaban J connectivity index is 0.00000392. The monoisotopic (exact) mass is 501 g/mol. The van der Waals surface area contributed by atoms with Crippen LogP contribution in [0.1, 0.15) is 36.8 Å². The first-order valence-electron chi connectivity index (χ1n) is 9.82. The van der Waals surface area contributed by atoms with E-state index in [4.69, 9.17) is 9.47 Å². The molecule has 1 N–H and O–H groups in total. The van der Waals surface area contributed by atoms with E-state index in [-0.39, 0.29) is 29.4 Å². The summed E-state index contributed by atoms with van der Waals surface area (Å²) in [6, 6.07) is 6.45. The smallest absolute Gasteiger partial charge is 0.193 e. The molecule has 1 fully saturated rings. The fraction of sp³-hybridized carbons (Fsp3) is 0.591. The topological polar surface area (TPSA) is 46.1 Å². The lowest BCUT2D eigenvalue weighted by Gasteiger charge is -2.39. The second kappa shape index (κ2) is 12.3. The van der Waals surface area contributed by atoms with E-state index in [1.807, 2.05) is 13.1 Å². The lowest BCUT2D eigenvalue weighted by Crippen LogP contribution is -2.48. The maximum absolute atomic E-state index is 5.71. The third-order valence-corrected chi connectivity index (χ3v) is 5.44. The molecule has 1 aliphatic heterocycles. The molecule has 0 aromatic heterocycles. The number of allylic oxidation sites excluding steroid dienone is 1. The first-order chi connectivity index (χ1) is 13.1. The zero-order valence-corrected chi connectivity index (χ0v) is 20.1. The van der Waals surface area contributed by atoms with Gasteiger partial charge in [0, 0.05) is 51.4 Å². The highest BCUT2D eigenvalue weighted by Crippen LogP contribution is 2.40. The van der Waals surface area contributed by atoms with Crippen molar-refractivity contribution in [2.45, 2.75) is 38.0 Å². The SMILES string of the molecule is C=CCCCN(C)C(=NC)NCC1(c2cc(C)ccc2OC)CCOCC1.I. The summed E-state index contributed by atoms with van der Waals surface area (Å²) in [6.07, 6.45) is 5.99. The highest BCUT2D eigenvalue weighted by Gasteiger charge is 2.37. The van der Waals surface area contributed by atoms with Gasteiger partial charge in [0.25, 0.3) is 0 Å². The van der Waals surface area contributed by atoms with Gasteiger partial charge in [-0.05, 0) is 38.7 Å². The molecule has 0 saturated carbocycles. The molecule has 5 nitrogen and oxygen atoms in total. The number of methoxy groups -OCH3 is 1. The quantitative estimate of drug-likeness (QED) is 0.191. The van der Waals surface area contributed by atoms with E-state index < -0.39 is 0 Å². The van der Waals surface area contributed by atoms with Gasteiger partial charge in [-0.25, -0.2) is 0 Å². The Bertz CT molecular complexity index is 643. The number of aryl methyl sites for hydroxylation is 1. The molecule has 6 heteroatoms. The Kier molecular flexibility index (Phi) is 10.9. The van der Waals surface area contributed by atoms with Gasteiger partial charge in [-0.1, -0.05) is 23.8 Å². The summed E-state index contributed by atoms with van der Waals surface area (Å²) in [5.74, 6) is 1.88. The van der Waals surface area contributed by atoms with E-state index in [9.17, 15) is 0 Å². The average molecular weight is 501 g/mol. The van der Waals surface area contributed by atoms with Crippen molar-refractivity contribution in [1.29, 1.82) is 0 Å². The third kappa shape index (κ3) is 6.37. The summed E-state index contributed by atoms with van der Waals surface area (Å²) in [6.45, 7) is 9.24. The van der Waals surface area contributed by atoms with Gasteiger partial charge < -0.3 is 19.7 Å². The average Bonchev–Trinajstić information content (AvgIpc) is 2.69. The first kappa shape index (κ1) is 24.8. The van der Waals surface area contributed by atoms with E-state index in [0.29, 0.717) is 0 Å². The van der Waals surface area contributed by atoms with Crippen LogP contribution in [-0.2, 0) is 10.2 Å². The molecular weight excluding hydrogens is 465 g/mol. The molecule has 1 aromatic rings. The van der Waals surface area contributed by atoms with Gasteiger partial charge in [-0.2, -0.15) is 0 Å². The number of hydrogen-bond donors (Lipinski definition) is 1. The molecule has 2 rings (SSSR count). The van der Waals surface area contributed by atoms with Crippen LogP contribution in [0.25, 0.3) is 0 Å². The van der Waals surface area contributed by atoms with Crippen molar-refractivity contribution < 1.29 is 9.47 Å². The van der Waals surface area contributed by atoms with Crippen molar-refractivity contribution in [2.24, 2.45) is 4.99 Å². The van der Waals surface area contributed by atoms with Gasteiger partial charge in [0.2, 0.25) is 0 Å². The molecular formula is C22H36IN3O2. The van der Waals surface area contributed by atoms with E-state index in [1.54, 1.807) is 7.11 Å². The van der Waals surface area contributed by atoms with Crippen LogP contribution >= 0.6 is 24.0 Å². The minimum Gasteiger partial charge on any atom is -0.496 e. The summed E-state index contributed by atoms with van der Waals surface area (Å²) in [5, 5.41) is 3.61. The van der Waals surface area contributed by atoms with Gasteiger partial charge in [0.1, 0.15) is 5.75 Å². The summed E-state index contributed by atoms with van der Waals surface area (Å²) in [7, 11) is 5.68. The maximum atomic E-state index is 5.71. The molecule has 28 heavy (non-hydrogen) atoms. The standard InChI is InChI=1S/C22H35N3O2.HI/c1-6-7-8-13-25(4)21(23-3)24-17-22(11-14-27-15-12-22)19-16-18(2)9-10-20(19)26-5;/h6,9-10,16H,1,7-8,11-15,17H2,2-5H3,(H,23,24);1H. The number of guanidine groups is 1. The summed E-state index contributed by atoms with van der Waals surface area (Å²) >= 11 is 0. The van der Waals surface area contributed by atoms with E-state index in [2.05, 4.69) is 54.0 Å². The predicted octanol–water partition coefficient (Wildman–Crippen LogP) is 4.14. The van der Waals surface area contributed by atoms with Gasteiger partial charge in [-0.3, -0.25) is 4.99 Å². The number of rotatable bonds is 8. The summed E-state index contributed by atoms with van der Waals surface area (Å²) in [4.78, 5) is 6.66. The van der Waals surface area contributed by atoms with Gasteiger partial charge in [0.05, 0.1) is 7.11 Å². The van der Waals surface area contributed by atoms with Crippen LogP contribution in [0.4, 0.5) is 0 Å². The molecule has 0 aliphatic carbocycles. The minimum atomic E-state index is -0.0203. The molecule has 1 heterocycles. The van der Waals surface area contributed by atoms with Crippen molar-refractivity contribution >= 4 is 29.9 Å². The number of aliphatic imine (C=N–C) groups is 1. The molecule has 0 unspecified atom stereocenters. The zero-order valence-electron chi connectivity index (χ0n) is 17.8. The number of hydrogen-bond acceptors (Lipinski definition) is 3. The molecule has 0 atom stereocenters. The van der Waals surface area contributed by atoms with Crippen LogP contribution < -0.4 is 10.1 Å². The van der Waals surface area contributed by atoms with Crippen LogP contribution in [0.15, 0.2) is 35.8 Å². The zero-order chi connectivity index (χ0) is 19.7. The molecule has 1 aliphatic rings. The fourth-order valence-electron chi connectivity index (χ4n) is 3.75. The molecule has 158 valence electrons. The second-order valence-corrected chi connectivity index (χ2v) is 7.35. The Morgan fingerprint density at radius 1 is 1.39 bits per heavy atom. The Morgan fingerprint density at radius 2 is 2.11 bits per heavy atom. The number of nitrogens with one attached hydrogen (secondary N) is 1. The number of benzene rings is 1. The number of nitrogens with zero attached hydrogens (tertiary/aromatic N) is 2. The highest BCUT2D eigenvalue weighted by molar-refractivity contribution is 14.0. The molecule has 1 aromatic carbocycles. The lowest BCUT2D eigenvalue weighted by atomic mass is 9.73. The van der Waals surface area contributed by atoms with Gasteiger partial charge in [-0.15, -0.1) is 30.6 Å². The van der Waals surface area contributed by atoms with Crippen LogP contribution in [0.3, 0.4) is 0 Å². The van der Waals surface area contributed by atoms with Gasteiger partial charge in [0.15, 0.2) is 5.96 Å². The van der Waals surface area contributed by atoms with E-state index in [0.717, 1.165) is 63.7 Å². The van der Waals surface area contributed by atoms with Gasteiger partial charge >= 0.3 is 0 Å². The lowest BCUT2D eigenvalue weighted by molar-refractivity contribution is 0.0503. The van der Waals surface area contributed by atoms with Crippen LogP contribution in [0, 0.1) is 6.92 Å². The number of halogens is 1. The Labute approximate surface area is 187 Å². The van der Waals surface area contributed by atoms with Crippen LogP contribution in [0.5, 0.6) is 5.75 Å². The predicted molar refractivity (Wildman–Crippen MR) is 128 cm³/mol. The normalized spacial score (nSPS) is 16.1. The highest BCUT2D eigenvalue weighted by atomic mass is 127. The van der Waals surface area contributed by atoms with Crippen molar-refractivity contribution in [3.63, 3.8) is 0 Å². The molecule has 1 saturated heterocycles. The molecule has 0 radical (unpaired) electrons. The third-order valence-electron chi connectivity index (χ3n) is 5.44. The summed E-state index contributed by atoms with van der Waals surface area (Å²) < 4.78 is 11.4. The van der Waals surface area contributed by atoms with Crippen LogP contribution in [-0.4, -0.2) is 58.4 Å². The Morgan fingerprint density at radius 3 is 2.71 bits per heavy atom. The van der Waals surface area contributed by atoms with Crippen LogP contribution in [0.2, 0.25) is 0 Å². The second-order valence-electron chi connectivity index (χ2n) is 7.35. The largest absolute Gasteiger partial charge is 0.496 e. The summed E-state index contributed by atoms with van der Waals surface area (Å²) in [5.41, 5.74) is 2.50. The van der Waals surface area contributed by atoms with Crippen molar-refractivity contribution in [3.8, 4) is 5.75 Å².